The lowest BCUT2D eigenvalue weighted by molar-refractivity contribution is 0.0192. The molecular weight excluding hydrogens is 232 g/mol. The predicted molar refractivity (Wildman–Crippen MR) is 54.2 cm³/mol. The summed E-state index contributed by atoms with van der Waals surface area (Å²) in [4.78, 5) is 8.17. The van der Waals surface area contributed by atoms with Gasteiger partial charge in [-0.05, 0) is 28.8 Å². The van der Waals surface area contributed by atoms with Gasteiger partial charge in [0.1, 0.15) is 5.60 Å². The van der Waals surface area contributed by atoms with Gasteiger partial charge in [-0.1, -0.05) is 13.8 Å². The van der Waals surface area contributed by atoms with Gasteiger partial charge in [-0.3, -0.25) is 0 Å². The third-order valence-electron chi connectivity index (χ3n) is 2.21. The van der Waals surface area contributed by atoms with Crippen molar-refractivity contribution in [1.29, 1.82) is 0 Å². The van der Waals surface area contributed by atoms with E-state index in [1.54, 1.807) is 12.4 Å². The van der Waals surface area contributed by atoms with E-state index in [1.807, 2.05) is 13.8 Å². The Hall–Kier alpha value is -0.480. The molecule has 0 atom stereocenters. The van der Waals surface area contributed by atoms with Crippen LogP contribution in [0.3, 0.4) is 0 Å². The molecule has 0 aliphatic heterocycles. The van der Waals surface area contributed by atoms with Crippen molar-refractivity contribution in [3.8, 4) is 0 Å². The molecule has 1 N–H and O–H groups in total. The van der Waals surface area contributed by atoms with Crippen LogP contribution in [0.15, 0.2) is 16.9 Å². The molecule has 4 heteroatoms. The Morgan fingerprint density at radius 1 is 1.31 bits per heavy atom. The molecule has 0 aromatic carbocycles. The van der Waals surface area contributed by atoms with E-state index < -0.39 is 5.60 Å². The standard InChI is InChI=1S/C9H13BrN2O/c1-3-9(13,4-2)8-11-5-7(10)6-12-8/h5-6,13H,3-4H2,1-2H3. The molecule has 72 valence electrons. The second-order valence-electron chi connectivity index (χ2n) is 2.96. The van der Waals surface area contributed by atoms with E-state index in [2.05, 4.69) is 25.9 Å². The minimum atomic E-state index is -0.874. The van der Waals surface area contributed by atoms with E-state index in [9.17, 15) is 5.11 Å². The fourth-order valence-electron chi connectivity index (χ4n) is 1.12. The van der Waals surface area contributed by atoms with Gasteiger partial charge < -0.3 is 5.11 Å². The van der Waals surface area contributed by atoms with Crippen molar-refractivity contribution in [1.82, 2.24) is 9.97 Å². The van der Waals surface area contributed by atoms with Crippen LogP contribution in [0.25, 0.3) is 0 Å². The number of nitrogens with zero attached hydrogens (tertiary/aromatic N) is 2. The summed E-state index contributed by atoms with van der Waals surface area (Å²) in [6.07, 6.45) is 4.56. The zero-order chi connectivity index (χ0) is 9.90. The Balaban J connectivity index is 2.99. The fourth-order valence-corrected chi connectivity index (χ4v) is 1.32. The molecule has 1 rings (SSSR count). The number of aromatic nitrogens is 2. The van der Waals surface area contributed by atoms with Crippen molar-refractivity contribution in [3.05, 3.63) is 22.7 Å². The highest BCUT2D eigenvalue weighted by molar-refractivity contribution is 9.10. The second-order valence-corrected chi connectivity index (χ2v) is 3.88. The van der Waals surface area contributed by atoms with Crippen LogP contribution in [0.4, 0.5) is 0 Å². The average Bonchev–Trinajstić information content (AvgIpc) is 2.18. The second kappa shape index (κ2) is 4.15. The van der Waals surface area contributed by atoms with Crippen LogP contribution in [0.2, 0.25) is 0 Å². The fraction of sp³-hybridized carbons (Fsp3) is 0.556. The normalized spacial score (nSPS) is 11.7. The summed E-state index contributed by atoms with van der Waals surface area (Å²) in [5.74, 6) is 0.501. The van der Waals surface area contributed by atoms with Gasteiger partial charge >= 0.3 is 0 Å². The quantitative estimate of drug-likeness (QED) is 0.888. The van der Waals surface area contributed by atoms with Crippen LogP contribution in [-0.4, -0.2) is 15.1 Å². The Morgan fingerprint density at radius 2 is 1.77 bits per heavy atom. The van der Waals surface area contributed by atoms with E-state index in [-0.39, 0.29) is 0 Å². The maximum Gasteiger partial charge on any atom is 0.159 e. The molecule has 0 unspecified atom stereocenters. The lowest BCUT2D eigenvalue weighted by atomic mass is 9.97. The van der Waals surface area contributed by atoms with Crippen LogP contribution < -0.4 is 0 Å². The van der Waals surface area contributed by atoms with Crippen LogP contribution in [-0.2, 0) is 5.60 Å². The monoisotopic (exact) mass is 244 g/mol. The first-order valence-corrected chi connectivity index (χ1v) is 5.12. The molecule has 1 heterocycles. The molecule has 0 aliphatic rings. The van der Waals surface area contributed by atoms with Gasteiger partial charge in [0.2, 0.25) is 0 Å². The van der Waals surface area contributed by atoms with Crippen molar-refractivity contribution in [2.75, 3.05) is 0 Å². The number of aliphatic hydroxyl groups is 1. The summed E-state index contributed by atoms with van der Waals surface area (Å²) in [6, 6.07) is 0. The first kappa shape index (κ1) is 10.6. The van der Waals surface area contributed by atoms with Gasteiger partial charge in [0.05, 0.1) is 4.47 Å². The smallest absolute Gasteiger partial charge is 0.159 e. The largest absolute Gasteiger partial charge is 0.382 e. The zero-order valence-electron chi connectivity index (χ0n) is 7.79. The van der Waals surface area contributed by atoms with Crippen molar-refractivity contribution >= 4 is 15.9 Å². The van der Waals surface area contributed by atoms with Crippen molar-refractivity contribution in [2.45, 2.75) is 32.3 Å². The number of rotatable bonds is 3. The molecule has 1 aromatic heterocycles. The van der Waals surface area contributed by atoms with Crippen molar-refractivity contribution < 1.29 is 5.11 Å². The molecule has 0 aliphatic carbocycles. The van der Waals surface area contributed by atoms with Crippen LogP contribution in [0.5, 0.6) is 0 Å². The lowest BCUT2D eigenvalue weighted by Gasteiger charge is -2.22. The molecule has 13 heavy (non-hydrogen) atoms. The minimum Gasteiger partial charge on any atom is -0.382 e. The van der Waals surface area contributed by atoms with Gasteiger partial charge in [0.25, 0.3) is 0 Å². The van der Waals surface area contributed by atoms with E-state index in [0.29, 0.717) is 18.7 Å². The SMILES string of the molecule is CCC(O)(CC)c1ncc(Br)cn1. The topological polar surface area (TPSA) is 46.0 Å². The number of hydrogen-bond acceptors (Lipinski definition) is 3. The Bertz CT molecular complexity index is 269. The zero-order valence-corrected chi connectivity index (χ0v) is 9.37. The summed E-state index contributed by atoms with van der Waals surface area (Å²) in [7, 11) is 0. The van der Waals surface area contributed by atoms with Gasteiger partial charge in [-0.15, -0.1) is 0 Å². The molecular formula is C9H13BrN2O. The molecule has 0 saturated carbocycles. The van der Waals surface area contributed by atoms with Gasteiger partial charge in [0, 0.05) is 12.4 Å². The third-order valence-corrected chi connectivity index (χ3v) is 2.62. The summed E-state index contributed by atoms with van der Waals surface area (Å²) < 4.78 is 0.825. The molecule has 0 radical (unpaired) electrons. The van der Waals surface area contributed by atoms with Crippen molar-refractivity contribution in [2.24, 2.45) is 0 Å². The van der Waals surface area contributed by atoms with Crippen molar-refractivity contribution in [3.63, 3.8) is 0 Å². The first-order chi connectivity index (χ1) is 6.12. The van der Waals surface area contributed by atoms with E-state index >= 15 is 0 Å². The Morgan fingerprint density at radius 3 is 2.15 bits per heavy atom. The van der Waals surface area contributed by atoms with E-state index in [0.717, 1.165) is 4.47 Å². The third kappa shape index (κ3) is 2.25. The van der Waals surface area contributed by atoms with Gasteiger partial charge in [0.15, 0.2) is 5.82 Å². The van der Waals surface area contributed by atoms with Crippen LogP contribution in [0.1, 0.15) is 32.5 Å². The highest BCUT2D eigenvalue weighted by Gasteiger charge is 2.27. The van der Waals surface area contributed by atoms with Gasteiger partial charge in [-0.2, -0.15) is 0 Å². The summed E-state index contributed by atoms with van der Waals surface area (Å²) in [5.41, 5.74) is -0.874. The molecule has 0 amide bonds. The average molecular weight is 245 g/mol. The Labute approximate surface area is 86.4 Å². The molecule has 1 aromatic rings. The Kier molecular flexibility index (Phi) is 3.39. The van der Waals surface area contributed by atoms with E-state index in [4.69, 9.17) is 0 Å². The summed E-state index contributed by atoms with van der Waals surface area (Å²) >= 11 is 3.25. The summed E-state index contributed by atoms with van der Waals surface area (Å²) in [6.45, 7) is 3.85. The number of hydrogen-bond donors (Lipinski definition) is 1. The maximum absolute atomic E-state index is 10.1. The molecule has 0 bridgehead atoms. The first-order valence-electron chi connectivity index (χ1n) is 4.32. The van der Waals surface area contributed by atoms with Crippen LogP contribution in [0, 0.1) is 0 Å². The molecule has 0 saturated heterocycles. The number of halogens is 1. The highest BCUT2D eigenvalue weighted by Crippen LogP contribution is 2.25. The minimum absolute atomic E-state index is 0.501. The molecule has 3 nitrogen and oxygen atoms in total. The predicted octanol–water partition coefficient (Wildman–Crippen LogP) is 2.25. The lowest BCUT2D eigenvalue weighted by Crippen LogP contribution is -2.26. The van der Waals surface area contributed by atoms with Crippen LogP contribution >= 0.6 is 15.9 Å². The highest BCUT2D eigenvalue weighted by atomic mass is 79.9. The molecule has 0 fully saturated rings. The molecule has 0 spiro atoms. The van der Waals surface area contributed by atoms with E-state index in [1.165, 1.54) is 0 Å². The maximum atomic E-state index is 10.1. The van der Waals surface area contributed by atoms with Gasteiger partial charge in [-0.25, -0.2) is 9.97 Å². The summed E-state index contributed by atoms with van der Waals surface area (Å²) in [5, 5.41) is 10.1.